The fourth-order valence-corrected chi connectivity index (χ4v) is 3.66. The van der Waals surface area contributed by atoms with Crippen molar-refractivity contribution in [3.8, 4) is 11.5 Å². The molecule has 0 fully saturated rings. The molecule has 0 saturated heterocycles. The third-order valence-corrected chi connectivity index (χ3v) is 5.12. The first-order valence-corrected chi connectivity index (χ1v) is 10.1. The number of hydrogen-bond donors (Lipinski definition) is 1. The number of benzene rings is 3. The highest BCUT2D eigenvalue weighted by molar-refractivity contribution is 5.76. The number of para-hydroxylation sites is 2. The molecule has 0 spiro atoms. The summed E-state index contributed by atoms with van der Waals surface area (Å²) < 4.78 is 13.5. The Bertz CT molecular complexity index is 1140. The van der Waals surface area contributed by atoms with Crippen LogP contribution in [0.4, 0.5) is 0 Å². The monoisotopic (exact) mass is 402 g/mol. The van der Waals surface area contributed by atoms with E-state index in [2.05, 4.69) is 18.4 Å². The van der Waals surface area contributed by atoms with Crippen LogP contribution in [0, 0.1) is 0 Å². The minimum atomic E-state index is -0.878. The summed E-state index contributed by atoms with van der Waals surface area (Å²) in [7, 11) is 1.60. The molecule has 0 amide bonds. The number of aliphatic hydroxyl groups is 1. The van der Waals surface area contributed by atoms with Crippen molar-refractivity contribution in [3.05, 3.63) is 89.7 Å². The second-order valence-electron chi connectivity index (χ2n) is 7.51. The van der Waals surface area contributed by atoms with E-state index in [9.17, 15) is 5.11 Å². The molecule has 1 N–H and O–H groups in total. The molecule has 1 atom stereocenters. The van der Waals surface area contributed by atoms with Crippen molar-refractivity contribution in [2.45, 2.75) is 32.6 Å². The van der Waals surface area contributed by atoms with Crippen LogP contribution in [-0.2, 0) is 6.61 Å². The van der Waals surface area contributed by atoms with Gasteiger partial charge in [-0.2, -0.15) is 0 Å². The molecule has 30 heavy (non-hydrogen) atoms. The Hall–Kier alpha value is -3.31. The average molecular weight is 402 g/mol. The van der Waals surface area contributed by atoms with Crippen LogP contribution in [0.2, 0.25) is 0 Å². The lowest BCUT2D eigenvalue weighted by Gasteiger charge is -2.18. The molecule has 4 aromatic rings. The standard InChI is InChI=1S/C25H26N2O3/c1-17(2)27-21-12-8-7-11-20(21)26-25(27)24(28)19-13-14-22(23(15-19)29-3)30-16-18-9-5-4-6-10-18/h4-15,17,24,28H,16H2,1-3H3/t24-/m0/s1. The predicted molar refractivity (Wildman–Crippen MR) is 118 cm³/mol. The van der Waals surface area contributed by atoms with Gasteiger partial charge in [0.2, 0.25) is 0 Å². The Balaban J connectivity index is 1.64. The first-order valence-electron chi connectivity index (χ1n) is 10.1. The molecule has 0 radical (unpaired) electrons. The van der Waals surface area contributed by atoms with Gasteiger partial charge in [-0.1, -0.05) is 48.5 Å². The first-order chi connectivity index (χ1) is 14.6. The summed E-state index contributed by atoms with van der Waals surface area (Å²) >= 11 is 0. The number of hydrogen-bond acceptors (Lipinski definition) is 4. The number of rotatable bonds is 7. The van der Waals surface area contributed by atoms with E-state index in [1.54, 1.807) is 7.11 Å². The zero-order chi connectivity index (χ0) is 21.1. The number of ether oxygens (including phenoxy) is 2. The zero-order valence-electron chi connectivity index (χ0n) is 17.4. The molecule has 0 saturated carbocycles. The van der Waals surface area contributed by atoms with Gasteiger partial charge >= 0.3 is 0 Å². The van der Waals surface area contributed by atoms with Crippen molar-refractivity contribution in [1.29, 1.82) is 0 Å². The quantitative estimate of drug-likeness (QED) is 0.457. The summed E-state index contributed by atoms with van der Waals surface area (Å²) in [6.07, 6.45) is -0.878. The summed E-state index contributed by atoms with van der Waals surface area (Å²) in [6, 6.07) is 23.6. The third kappa shape index (κ3) is 3.89. The molecule has 4 rings (SSSR count). The van der Waals surface area contributed by atoms with Gasteiger partial charge in [-0.3, -0.25) is 0 Å². The summed E-state index contributed by atoms with van der Waals surface area (Å²) in [6.45, 7) is 4.62. The molecule has 0 aliphatic rings. The molecule has 1 heterocycles. The molecule has 0 aliphatic heterocycles. The lowest BCUT2D eigenvalue weighted by molar-refractivity contribution is 0.202. The maximum atomic E-state index is 11.2. The molecular weight excluding hydrogens is 376 g/mol. The van der Waals surface area contributed by atoms with Crippen LogP contribution in [0.1, 0.15) is 42.9 Å². The first kappa shape index (κ1) is 20.0. The van der Waals surface area contributed by atoms with Crippen molar-refractivity contribution in [2.24, 2.45) is 0 Å². The van der Waals surface area contributed by atoms with E-state index in [4.69, 9.17) is 14.5 Å². The van der Waals surface area contributed by atoms with Gasteiger partial charge in [0.1, 0.15) is 18.5 Å². The fraction of sp³-hybridized carbons (Fsp3) is 0.240. The van der Waals surface area contributed by atoms with Crippen molar-refractivity contribution < 1.29 is 14.6 Å². The maximum Gasteiger partial charge on any atom is 0.161 e. The zero-order valence-corrected chi connectivity index (χ0v) is 17.4. The maximum absolute atomic E-state index is 11.2. The highest BCUT2D eigenvalue weighted by atomic mass is 16.5. The van der Waals surface area contributed by atoms with Crippen LogP contribution in [0.15, 0.2) is 72.8 Å². The van der Waals surface area contributed by atoms with E-state index in [0.29, 0.717) is 29.5 Å². The smallest absolute Gasteiger partial charge is 0.161 e. The molecule has 154 valence electrons. The third-order valence-electron chi connectivity index (χ3n) is 5.12. The highest BCUT2D eigenvalue weighted by Crippen LogP contribution is 2.34. The number of methoxy groups -OCH3 is 1. The van der Waals surface area contributed by atoms with Crippen molar-refractivity contribution in [2.75, 3.05) is 7.11 Å². The summed E-state index contributed by atoms with van der Waals surface area (Å²) in [4.78, 5) is 4.71. The number of imidazole rings is 1. The summed E-state index contributed by atoms with van der Waals surface area (Å²) in [5.41, 5.74) is 3.66. The normalized spacial score (nSPS) is 12.3. The Morgan fingerprint density at radius 1 is 0.933 bits per heavy atom. The highest BCUT2D eigenvalue weighted by Gasteiger charge is 2.22. The Morgan fingerprint density at radius 3 is 2.40 bits per heavy atom. The predicted octanol–water partition coefficient (Wildman–Crippen LogP) is 5.29. The number of fused-ring (bicyclic) bond motifs is 1. The van der Waals surface area contributed by atoms with Gasteiger partial charge in [0.05, 0.1) is 18.1 Å². The molecule has 0 bridgehead atoms. The molecule has 1 aromatic heterocycles. The molecule has 0 unspecified atom stereocenters. The molecule has 3 aromatic carbocycles. The van der Waals surface area contributed by atoms with Gasteiger partial charge in [-0.05, 0) is 49.2 Å². The van der Waals surface area contributed by atoms with Gasteiger partial charge in [0.25, 0.3) is 0 Å². The summed E-state index contributed by atoms with van der Waals surface area (Å²) in [5.74, 6) is 1.83. The van der Waals surface area contributed by atoms with Gasteiger partial charge in [-0.15, -0.1) is 0 Å². The lowest BCUT2D eigenvalue weighted by atomic mass is 10.1. The SMILES string of the molecule is COc1cc([C@H](O)c2nc3ccccc3n2C(C)C)ccc1OCc1ccccc1. The molecule has 5 heteroatoms. The minimum Gasteiger partial charge on any atom is -0.493 e. The fourth-order valence-electron chi connectivity index (χ4n) is 3.66. The Kier molecular flexibility index (Phi) is 5.72. The van der Waals surface area contributed by atoms with Crippen LogP contribution in [-0.4, -0.2) is 21.8 Å². The largest absolute Gasteiger partial charge is 0.493 e. The molecular formula is C25H26N2O3. The van der Waals surface area contributed by atoms with Gasteiger partial charge in [0, 0.05) is 6.04 Å². The van der Waals surface area contributed by atoms with Crippen LogP contribution in [0.5, 0.6) is 11.5 Å². The Labute approximate surface area is 176 Å². The van der Waals surface area contributed by atoms with Gasteiger partial charge < -0.3 is 19.1 Å². The van der Waals surface area contributed by atoms with E-state index in [1.807, 2.05) is 72.8 Å². The van der Waals surface area contributed by atoms with Crippen LogP contribution in [0.3, 0.4) is 0 Å². The van der Waals surface area contributed by atoms with E-state index >= 15 is 0 Å². The lowest BCUT2D eigenvalue weighted by Crippen LogP contribution is -2.12. The van der Waals surface area contributed by atoms with Crippen molar-refractivity contribution in [3.63, 3.8) is 0 Å². The summed E-state index contributed by atoms with van der Waals surface area (Å²) in [5, 5.41) is 11.2. The number of aliphatic hydroxyl groups excluding tert-OH is 1. The van der Waals surface area contributed by atoms with E-state index < -0.39 is 6.10 Å². The van der Waals surface area contributed by atoms with Gasteiger partial charge in [-0.25, -0.2) is 4.98 Å². The van der Waals surface area contributed by atoms with Crippen molar-refractivity contribution in [1.82, 2.24) is 9.55 Å². The van der Waals surface area contributed by atoms with Crippen LogP contribution in [0.25, 0.3) is 11.0 Å². The van der Waals surface area contributed by atoms with E-state index in [0.717, 1.165) is 16.6 Å². The van der Waals surface area contributed by atoms with Crippen LogP contribution < -0.4 is 9.47 Å². The second-order valence-corrected chi connectivity index (χ2v) is 7.51. The van der Waals surface area contributed by atoms with E-state index in [-0.39, 0.29) is 6.04 Å². The second kappa shape index (κ2) is 8.59. The van der Waals surface area contributed by atoms with Gasteiger partial charge in [0.15, 0.2) is 11.5 Å². The Morgan fingerprint density at radius 2 is 1.67 bits per heavy atom. The molecule has 5 nitrogen and oxygen atoms in total. The number of aromatic nitrogens is 2. The average Bonchev–Trinajstić information content (AvgIpc) is 3.17. The minimum absolute atomic E-state index is 0.164. The van der Waals surface area contributed by atoms with Crippen molar-refractivity contribution >= 4 is 11.0 Å². The van der Waals surface area contributed by atoms with Crippen LogP contribution >= 0.6 is 0 Å². The molecule has 0 aliphatic carbocycles. The number of nitrogens with zero attached hydrogens (tertiary/aromatic N) is 2. The topological polar surface area (TPSA) is 56.5 Å². The van der Waals surface area contributed by atoms with E-state index in [1.165, 1.54) is 0 Å².